The summed E-state index contributed by atoms with van der Waals surface area (Å²) in [5, 5.41) is 13.9. The van der Waals surface area contributed by atoms with E-state index in [0.717, 1.165) is 6.42 Å². The average Bonchev–Trinajstić information content (AvgIpc) is 2.85. The van der Waals surface area contributed by atoms with E-state index in [1.165, 1.54) is 0 Å². The van der Waals surface area contributed by atoms with Crippen molar-refractivity contribution in [2.75, 3.05) is 6.54 Å². The molecule has 1 fully saturated rings. The van der Waals surface area contributed by atoms with Gasteiger partial charge >= 0.3 is 5.97 Å². The Morgan fingerprint density at radius 2 is 1.95 bits per heavy atom. The minimum absolute atomic E-state index is 0.261. The highest BCUT2D eigenvalue weighted by Crippen LogP contribution is 2.19. The summed E-state index contributed by atoms with van der Waals surface area (Å²) in [5.41, 5.74) is 0. The first-order valence-electron chi connectivity index (χ1n) is 6.42. The summed E-state index contributed by atoms with van der Waals surface area (Å²) < 4.78 is 5.10. The number of nitrogens with one attached hydrogen (secondary N) is 2. The van der Waals surface area contributed by atoms with Crippen LogP contribution in [0, 0.1) is 0 Å². The average molecular weight is 272 g/mol. The summed E-state index contributed by atoms with van der Waals surface area (Å²) in [6.07, 6.45) is -0.239. The van der Waals surface area contributed by atoms with E-state index in [2.05, 4.69) is 10.6 Å². The van der Waals surface area contributed by atoms with E-state index >= 15 is 0 Å². The van der Waals surface area contributed by atoms with Gasteiger partial charge in [0.2, 0.25) is 11.8 Å². The predicted molar refractivity (Wildman–Crippen MR) is 66.4 cm³/mol. The lowest BCUT2D eigenvalue weighted by atomic mass is 10.2. The Balaban J connectivity index is 2.39. The highest BCUT2D eigenvalue weighted by atomic mass is 16.5. The lowest BCUT2D eigenvalue weighted by Crippen LogP contribution is -2.48. The lowest BCUT2D eigenvalue weighted by molar-refractivity contribution is -0.152. The second-order valence-electron chi connectivity index (χ2n) is 4.55. The van der Waals surface area contributed by atoms with Gasteiger partial charge in [0.05, 0.1) is 0 Å². The van der Waals surface area contributed by atoms with Crippen molar-refractivity contribution < 1.29 is 24.2 Å². The van der Waals surface area contributed by atoms with Gasteiger partial charge in [-0.15, -0.1) is 0 Å². The van der Waals surface area contributed by atoms with E-state index in [0.29, 0.717) is 19.4 Å². The molecule has 1 aliphatic rings. The van der Waals surface area contributed by atoms with Crippen molar-refractivity contribution in [3.8, 4) is 0 Å². The number of carboxylic acid groups (broad SMARTS) is 1. The second-order valence-corrected chi connectivity index (χ2v) is 4.55. The normalized spacial score (nSPS) is 23.7. The third-order valence-corrected chi connectivity index (χ3v) is 2.89. The Morgan fingerprint density at radius 3 is 2.47 bits per heavy atom. The predicted octanol–water partition coefficient (Wildman–Crippen LogP) is -0.350. The van der Waals surface area contributed by atoms with Crippen LogP contribution in [0.2, 0.25) is 0 Å². The van der Waals surface area contributed by atoms with Crippen LogP contribution in [0.25, 0.3) is 0 Å². The molecular formula is C12H20N2O5. The van der Waals surface area contributed by atoms with Crippen LogP contribution in [0.4, 0.5) is 0 Å². The largest absolute Gasteiger partial charge is 0.479 e. The summed E-state index contributed by atoms with van der Waals surface area (Å²) in [4.78, 5) is 34.1. The van der Waals surface area contributed by atoms with Crippen LogP contribution in [0.15, 0.2) is 0 Å². The van der Waals surface area contributed by atoms with Gasteiger partial charge in [-0.25, -0.2) is 4.79 Å². The van der Waals surface area contributed by atoms with Gasteiger partial charge in [-0.05, 0) is 26.2 Å². The third-order valence-electron chi connectivity index (χ3n) is 2.89. The van der Waals surface area contributed by atoms with Crippen molar-refractivity contribution in [1.82, 2.24) is 10.6 Å². The molecular weight excluding hydrogens is 252 g/mol. The molecule has 0 aromatic carbocycles. The quantitative estimate of drug-likeness (QED) is 0.613. The minimum atomic E-state index is -1.07. The molecule has 7 nitrogen and oxygen atoms in total. The van der Waals surface area contributed by atoms with E-state index in [1.54, 1.807) is 6.92 Å². The van der Waals surface area contributed by atoms with Crippen LogP contribution in [0.1, 0.15) is 33.1 Å². The van der Waals surface area contributed by atoms with Gasteiger partial charge in [0.1, 0.15) is 12.1 Å². The number of rotatable bonds is 6. The molecule has 0 aromatic rings. The monoisotopic (exact) mass is 272 g/mol. The Bertz CT molecular complexity index is 358. The molecule has 1 heterocycles. The molecule has 1 saturated heterocycles. The van der Waals surface area contributed by atoms with Crippen molar-refractivity contribution in [2.24, 2.45) is 0 Å². The SMILES string of the molecule is CCCNC(=O)C(C)NC(=O)C1CCC(C(=O)O)O1. The van der Waals surface area contributed by atoms with Crippen molar-refractivity contribution in [1.29, 1.82) is 0 Å². The van der Waals surface area contributed by atoms with Crippen molar-refractivity contribution in [3.63, 3.8) is 0 Å². The molecule has 1 aliphatic heterocycles. The van der Waals surface area contributed by atoms with E-state index in [1.807, 2.05) is 6.92 Å². The van der Waals surface area contributed by atoms with Crippen LogP contribution in [0.3, 0.4) is 0 Å². The summed E-state index contributed by atoms with van der Waals surface area (Å²) in [5.74, 6) is -1.77. The molecule has 2 amide bonds. The zero-order valence-electron chi connectivity index (χ0n) is 11.1. The Hall–Kier alpha value is -1.63. The molecule has 1 rings (SSSR count). The van der Waals surface area contributed by atoms with Crippen LogP contribution in [-0.2, 0) is 19.1 Å². The summed E-state index contributed by atoms with van der Waals surface area (Å²) >= 11 is 0. The molecule has 3 N–H and O–H groups in total. The van der Waals surface area contributed by atoms with E-state index in [-0.39, 0.29) is 5.91 Å². The van der Waals surface area contributed by atoms with Crippen LogP contribution in [0.5, 0.6) is 0 Å². The van der Waals surface area contributed by atoms with Crippen molar-refractivity contribution in [2.45, 2.75) is 51.4 Å². The molecule has 0 aliphatic carbocycles. The fraction of sp³-hybridized carbons (Fsp3) is 0.750. The first kappa shape index (κ1) is 15.4. The maximum atomic E-state index is 11.8. The molecule has 0 saturated carbocycles. The number of amides is 2. The van der Waals surface area contributed by atoms with Gasteiger partial charge in [0, 0.05) is 6.54 Å². The number of carbonyl (C=O) groups excluding carboxylic acids is 2. The number of aliphatic carboxylic acids is 1. The number of carbonyl (C=O) groups is 3. The highest BCUT2D eigenvalue weighted by Gasteiger charge is 2.35. The molecule has 19 heavy (non-hydrogen) atoms. The number of carboxylic acids is 1. The fourth-order valence-electron chi connectivity index (χ4n) is 1.78. The van der Waals surface area contributed by atoms with Crippen LogP contribution < -0.4 is 10.6 Å². The topological polar surface area (TPSA) is 105 Å². The number of hydrogen-bond acceptors (Lipinski definition) is 4. The second kappa shape index (κ2) is 7.08. The first-order chi connectivity index (χ1) is 8.95. The van der Waals surface area contributed by atoms with Gasteiger partial charge < -0.3 is 20.5 Å². The molecule has 108 valence electrons. The molecule has 7 heteroatoms. The van der Waals surface area contributed by atoms with Gasteiger partial charge in [0.15, 0.2) is 6.10 Å². The van der Waals surface area contributed by atoms with Crippen LogP contribution >= 0.6 is 0 Å². The molecule has 0 bridgehead atoms. The fourth-order valence-corrected chi connectivity index (χ4v) is 1.78. The Labute approximate surface area is 111 Å². The van der Waals surface area contributed by atoms with E-state index in [4.69, 9.17) is 9.84 Å². The van der Waals surface area contributed by atoms with Gasteiger partial charge in [-0.2, -0.15) is 0 Å². The third kappa shape index (κ3) is 4.51. The maximum Gasteiger partial charge on any atom is 0.332 e. The lowest BCUT2D eigenvalue weighted by Gasteiger charge is -2.16. The van der Waals surface area contributed by atoms with Gasteiger partial charge in [0.25, 0.3) is 0 Å². The zero-order valence-corrected chi connectivity index (χ0v) is 11.1. The maximum absolute atomic E-state index is 11.8. The highest BCUT2D eigenvalue weighted by molar-refractivity contribution is 5.89. The number of hydrogen-bond donors (Lipinski definition) is 3. The van der Waals surface area contributed by atoms with E-state index in [9.17, 15) is 14.4 Å². The molecule has 0 spiro atoms. The van der Waals surface area contributed by atoms with Crippen LogP contribution in [-0.4, -0.2) is 47.7 Å². The Kier molecular flexibility index (Phi) is 5.75. The van der Waals surface area contributed by atoms with Gasteiger partial charge in [-0.1, -0.05) is 6.92 Å². The molecule has 3 unspecified atom stereocenters. The summed E-state index contributed by atoms with van der Waals surface area (Å²) in [7, 11) is 0. The molecule has 0 radical (unpaired) electrons. The van der Waals surface area contributed by atoms with Gasteiger partial charge in [-0.3, -0.25) is 9.59 Å². The summed E-state index contributed by atoms with van der Waals surface area (Å²) in [6.45, 7) is 4.06. The molecule has 3 atom stereocenters. The standard InChI is InChI=1S/C12H20N2O5/c1-3-6-13-10(15)7(2)14-11(16)8-4-5-9(19-8)12(17)18/h7-9H,3-6H2,1-2H3,(H,13,15)(H,14,16)(H,17,18). The minimum Gasteiger partial charge on any atom is -0.479 e. The van der Waals surface area contributed by atoms with E-state index < -0.39 is 30.1 Å². The smallest absolute Gasteiger partial charge is 0.332 e. The Morgan fingerprint density at radius 1 is 1.32 bits per heavy atom. The molecule has 0 aromatic heterocycles. The summed E-state index contributed by atoms with van der Waals surface area (Å²) in [6, 6.07) is -0.661. The number of ether oxygens (including phenoxy) is 1. The zero-order chi connectivity index (χ0) is 14.4. The first-order valence-corrected chi connectivity index (χ1v) is 6.42. The van der Waals surface area contributed by atoms with Crippen molar-refractivity contribution >= 4 is 17.8 Å². The van der Waals surface area contributed by atoms with Crippen molar-refractivity contribution in [3.05, 3.63) is 0 Å².